The summed E-state index contributed by atoms with van der Waals surface area (Å²) in [7, 11) is 0. The minimum Gasteiger partial charge on any atom is -0.390 e. The molecule has 0 spiro atoms. The molecule has 6 nitrogen and oxygen atoms in total. The number of carbonyl (C=O) groups excluding carboxylic acids is 2. The van der Waals surface area contributed by atoms with Gasteiger partial charge in [0, 0.05) is 45.2 Å². The number of piperidine rings is 1. The van der Waals surface area contributed by atoms with Gasteiger partial charge in [0.25, 0.3) is 0 Å². The molecular weight excluding hydrogens is 378 g/mol. The number of rotatable bonds is 6. The molecule has 30 heavy (non-hydrogen) atoms. The highest BCUT2D eigenvalue weighted by Gasteiger charge is 2.64. The molecule has 2 saturated heterocycles. The number of amides is 2. The number of β-amino-alcohol motifs (C(OH)–C–C–N with tert-alkyl or cyclic N) is 1. The number of likely N-dealkylation sites (tertiary alicyclic amines) is 1. The summed E-state index contributed by atoms with van der Waals surface area (Å²) in [4.78, 5) is 32.1. The van der Waals surface area contributed by atoms with Crippen LogP contribution in [0.25, 0.3) is 0 Å². The molecule has 1 aromatic carbocycles. The van der Waals surface area contributed by atoms with E-state index in [2.05, 4.69) is 34.1 Å². The van der Waals surface area contributed by atoms with Crippen LogP contribution in [0.4, 0.5) is 0 Å². The van der Waals surface area contributed by atoms with Gasteiger partial charge in [-0.15, -0.1) is 0 Å². The maximum Gasteiger partial charge on any atom is 0.235 e. The molecule has 0 unspecified atom stereocenters. The Kier molecular flexibility index (Phi) is 5.77. The van der Waals surface area contributed by atoms with Gasteiger partial charge >= 0.3 is 0 Å². The molecule has 2 bridgehead atoms. The Labute approximate surface area is 179 Å². The summed E-state index contributed by atoms with van der Waals surface area (Å²) in [5.74, 6) is -0.307. The Balaban J connectivity index is 1.29. The van der Waals surface area contributed by atoms with Gasteiger partial charge in [-0.1, -0.05) is 51.1 Å². The van der Waals surface area contributed by atoms with Crippen LogP contribution in [0.15, 0.2) is 30.3 Å². The second kappa shape index (κ2) is 8.06. The van der Waals surface area contributed by atoms with Crippen molar-refractivity contribution >= 4 is 11.8 Å². The number of nitrogens with zero attached hydrogens (tertiary/aromatic N) is 3. The summed E-state index contributed by atoms with van der Waals surface area (Å²) in [6, 6.07) is 10.5. The molecule has 0 aromatic heterocycles. The van der Waals surface area contributed by atoms with Gasteiger partial charge in [-0.25, -0.2) is 0 Å². The van der Waals surface area contributed by atoms with Gasteiger partial charge in [-0.3, -0.25) is 24.3 Å². The Bertz CT molecular complexity index is 788. The van der Waals surface area contributed by atoms with Gasteiger partial charge in [-0.2, -0.15) is 0 Å². The van der Waals surface area contributed by atoms with Crippen LogP contribution in [0.3, 0.4) is 0 Å². The number of aliphatic hydroxyl groups excluding tert-OH is 1. The first-order valence-electron chi connectivity index (χ1n) is 11.2. The van der Waals surface area contributed by atoms with E-state index in [9.17, 15) is 14.7 Å². The molecule has 1 saturated carbocycles. The van der Waals surface area contributed by atoms with Crippen LogP contribution in [-0.4, -0.2) is 77.0 Å². The Morgan fingerprint density at radius 2 is 1.63 bits per heavy atom. The van der Waals surface area contributed by atoms with Crippen molar-refractivity contribution in [1.82, 2.24) is 14.7 Å². The molecule has 2 amide bonds. The zero-order chi connectivity index (χ0) is 21.5. The van der Waals surface area contributed by atoms with Crippen molar-refractivity contribution in [2.45, 2.75) is 46.3 Å². The number of hydrogen-bond acceptors (Lipinski definition) is 5. The highest BCUT2D eigenvalue weighted by Crippen LogP contribution is 2.60. The average Bonchev–Trinajstić information content (AvgIpc) is 2.91. The van der Waals surface area contributed by atoms with Crippen LogP contribution in [0.5, 0.6) is 0 Å². The molecule has 3 atom stereocenters. The molecule has 3 aliphatic rings. The summed E-state index contributed by atoms with van der Waals surface area (Å²) in [5, 5.41) is 10.7. The van der Waals surface area contributed by atoms with Crippen LogP contribution in [-0.2, 0) is 16.1 Å². The third-order valence-electron chi connectivity index (χ3n) is 8.08. The minimum absolute atomic E-state index is 0.0910. The zero-order valence-electron chi connectivity index (χ0n) is 18.5. The first-order chi connectivity index (χ1) is 14.2. The predicted molar refractivity (Wildman–Crippen MR) is 115 cm³/mol. The third kappa shape index (κ3) is 3.70. The number of carbonyl (C=O) groups is 2. The molecule has 0 radical (unpaired) electrons. The van der Waals surface area contributed by atoms with E-state index in [1.54, 1.807) is 0 Å². The standard InChI is InChI=1S/C24H35N3O3/c1-23(2)20-9-10-24(23,3)22(30)27(21(20)29)17-19(28)16-26-13-11-25(12-14-26)15-18-7-5-4-6-8-18/h4-8,19-20,28H,9-17H2,1-3H3/t19-,20-,24+/m1/s1. The second-order valence-electron chi connectivity index (χ2n) is 10.1. The summed E-state index contributed by atoms with van der Waals surface area (Å²) in [6.45, 7) is 11.3. The number of aliphatic hydroxyl groups is 1. The SMILES string of the molecule is CC1(C)[C@@H]2CC[C@@]1(C)C(=O)N(C[C@H](O)CN1CCN(Cc3ccccc3)CC1)C2=O. The zero-order valence-corrected chi connectivity index (χ0v) is 18.5. The number of piperazine rings is 1. The van der Waals surface area contributed by atoms with E-state index >= 15 is 0 Å². The van der Waals surface area contributed by atoms with Crippen LogP contribution in [0, 0.1) is 16.7 Å². The monoisotopic (exact) mass is 413 g/mol. The fourth-order valence-corrected chi connectivity index (χ4v) is 5.61. The van der Waals surface area contributed by atoms with E-state index in [0.29, 0.717) is 6.54 Å². The molecule has 2 heterocycles. The van der Waals surface area contributed by atoms with Crippen molar-refractivity contribution < 1.29 is 14.7 Å². The molecule has 6 heteroatoms. The van der Waals surface area contributed by atoms with Crippen LogP contribution >= 0.6 is 0 Å². The van der Waals surface area contributed by atoms with Crippen LogP contribution in [0.2, 0.25) is 0 Å². The normalized spacial score (nSPS) is 30.7. The summed E-state index contributed by atoms with van der Waals surface area (Å²) in [6.07, 6.45) is 0.817. The first-order valence-corrected chi connectivity index (χ1v) is 11.2. The number of hydrogen-bond donors (Lipinski definition) is 1. The third-order valence-corrected chi connectivity index (χ3v) is 8.08. The lowest BCUT2D eigenvalue weighted by Crippen LogP contribution is -2.61. The molecule has 3 fully saturated rings. The van der Waals surface area contributed by atoms with E-state index in [-0.39, 0.29) is 29.7 Å². The van der Waals surface area contributed by atoms with Gasteiger partial charge in [-0.05, 0) is 23.8 Å². The molecule has 1 aromatic rings. The molecule has 1 aliphatic carbocycles. The summed E-state index contributed by atoms with van der Waals surface area (Å²) in [5.41, 5.74) is 0.505. The van der Waals surface area contributed by atoms with Gasteiger partial charge in [0.05, 0.1) is 18.1 Å². The smallest absolute Gasteiger partial charge is 0.235 e. The van der Waals surface area contributed by atoms with Crippen LogP contribution in [0.1, 0.15) is 39.2 Å². The number of imide groups is 1. The largest absolute Gasteiger partial charge is 0.390 e. The fraction of sp³-hybridized carbons (Fsp3) is 0.667. The molecule has 1 N–H and O–H groups in total. The molecule has 164 valence electrons. The fourth-order valence-electron chi connectivity index (χ4n) is 5.61. The highest BCUT2D eigenvalue weighted by atomic mass is 16.3. The molecule has 4 rings (SSSR count). The number of fused-ring (bicyclic) bond motifs is 2. The summed E-state index contributed by atoms with van der Waals surface area (Å²) < 4.78 is 0. The number of benzene rings is 1. The van der Waals surface area contributed by atoms with E-state index in [4.69, 9.17) is 0 Å². The van der Waals surface area contributed by atoms with Crippen molar-refractivity contribution in [3.05, 3.63) is 35.9 Å². The maximum atomic E-state index is 13.1. The topological polar surface area (TPSA) is 64.1 Å². The summed E-state index contributed by atoms with van der Waals surface area (Å²) >= 11 is 0. The lowest BCUT2D eigenvalue weighted by molar-refractivity contribution is -0.169. The van der Waals surface area contributed by atoms with Gasteiger partial charge in [0.1, 0.15) is 0 Å². The first kappa shape index (κ1) is 21.5. The second-order valence-corrected chi connectivity index (χ2v) is 10.1. The maximum absolute atomic E-state index is 13.1. The van der Waals surface area contributed by atoms with Crippen molar-refractivity contribution in [1.29, 1.82) is 0 Å². The lowest BCUT2D eigenvalue weighted by Gasteiger charge is -2.48. The molecular formula is C24H35N3O3. The van der Waals surface area contributed by atoms with E-state index in [1.165, 1.54) is 10.5 Å². The van der Waals surface area contributed by atoms with Crippen molar-refractivity contribution in [2.24, 2.45) is 16.7 Å². The van der Waals surface area contributed by atoms with Gasteiger partial charge < -0.3 is 5.11 Å². The predicted octanol–water partition coefficient (Wildman–Crippen LogP) is 1.98. The van der Waals surface area contributed by atoms with E-state index in [1.807, 2.05) is 26.8 Å². The van der Waals surface area contributed by atoms with E-state index in [0.717, 1.165) is 45.6 Å². The minimum atomic E-state index is -0.706. The van der Waals surface area contributed by atoms with E-state index < -0.39 is 11.5 Å². The quantitative estimate of drug-likeness (QED) is 0.723. The van der Waals surface area contributed by atoms with Gasteiger partial charge in [0.15, 0.2) is 0 Å². The Morgan fingerprint density at radius 1 is 1.00 bits per heavy atom. The lowest BCUT2D eigenvalue weighted by atomic mass is 9.62. The van der Waals surface area contributed by atoms with Gasteiger partial charge in [0.2, 0.25) is 11.8 Å². The van der Waals surface area contributed by atoms with Crippen LogP contribution < -0.4 is 0 Å². The van der Waals surface area contributed by atoms with Crippen molar-refractivity contribution in [3.8, 4) is 0 Å². The van der Waals surface area contributed by atoms with Crippen molar-refractivity contribution in [2.75, 3.05) is 39.3 Å². The molecule has 2 aliphatic heterocycles. The Morgan fingerprint density at radius 3 is 2.30 bits per heavy atom. The van der Waals surface area contributed by atoms with Crippen molar-refractivity contribution in [3.63, 3.8) is 0 Å². The average molecular weight is 414 g/mol. The highest BCUT2D eigenvalue weighted by molar-refractivity contribution is 6.03. The Hall–Kier alpha value is -1.76.